The van der Waals surface area contributed by atoms with Crippen LogP contribution in [0.15, 0.2) is 146 Å². The molecule has 0 aromatic heterocycles. The van der Waals surface area contributed by atoms with Crippen molar-refractivity contribution in [1.29, 1.82) is 0 Å². The third-order valence-electron chi connectivity index (χ3n) is 7.08. The molecule has 0 aliphatic heterocycles. The Morgan fingerprint density at radius 2 is 0.757 bits per heavy atom. The Labute approximate surface area is 226 Å². The first-order valence-corrected chi connectivity index (χ1v) is 14.3. The summed E-state index contributed by atoms with van der Waals surface area (Å²) in [5, 5.41) is 4.25. The standard InChI is InChI=1S/C32H26F3P.BrH/c33-32(34,35)27-21-23-31(24-22-27)36(28-15-7-2-8-16-28,29-17-9-3-10-18-29,30-19-11-4-12-20-30)25-26-13-5-1-6-14-26;/h1-24H,25H2;1H. The Hall–Kier alpha value is -3.20. The summed E-state index contributed by atoms with van der Waals surface area (Å²) in [5.41, 5.74) is 0.489. The van der Waals surface area contributed by atoms with Crippen LogP contribution >= 0.6 is 23.6 Å². The van der Waals surface area contributed by atoms with Gasteiger partial charge in [0.05, 0.1) is 0 Å². The van der Waals surface area contributed by atoms with Crippen LogP contribution in [0.4, 0.5) is 13.2 Å². The van der Waals surface area contributed by atoms with Crippen molar-refractivity contribution in [3.05, 3.63) is 157 Å². The summed E-state index contributed by atoms with van der Waals surface area (Å²) < 4.78 is 40.9. The summed E-state index contributed by atoms with van der Waals surface area (Å²) in [7, 11) is 0. The zero-order valence-electron chi connectivity index (χ0n) is 20.1. The molecule has 5 heteroatoms. The van der Waals surface area contributed by atoms with Crippen molar-refractivity contribution >= 4 is 44.8 Å². The molecule has 0 amide bonds. The van der Waals surface area contributed by atoms with Crippen LogP contribution in [0.2, 0.25) is 0 Å². The molecule has 0 N–H and O–H groups in total. The predicted octanol–water partition coefficient (Wildman–Crippen LogP) is 7.64. The second-order valence-corrected chi connectivity index (χ2v) is 14.0. The molecule has 5 aromatic rings. The molecule has 188 valence electrons. The van der Waals surface area contributed by atoms with Gasteiger partial charge in [0.25, 0.3) is 0 Å². The molecule has 0 bridgehead atoms. The molecule has 0 nitrogen and oxygen atoms in total. The van der Waals surface area contributed by atoms with Gasteiger partial charge in [-0.2, -0.15) is 0 Å². The fourth-order valence-corrected chi connectivity index (χ4v) is 12.2. The van der Waals surface area contributed by atoms with E-state index in [-0.39, 0.29) is 17.0 Å². The monoisotopic (exact) mass is 578 g/mol. The Morgan fingerprint density at radius 1 is 0.432 bits per heavy atom. The van der Waals surface area contributed by atoms with Gasteiger partial charge in [0.2, 0.25) is 0 Å². The quantitative estimate of drug-likeness (QED) is 0.182. The van der Waals surface area contributed by atoms with Crippen LogP contribution in [0.1, 0.15) is 11.1 Å². The number of alkyl halides is 3. The average molecular weight is 579 g/mol. The van der Waals surface area contributed by atoms with Crippen molar-refractivity contribution in [2.45, 2.75) is 12.3 Å². The van der Waals surface area contributed by atoms with Crippen molar-refractivity contribution in [2.75, 3.05) is 0 Å². The van der Waals surface area contributed by atoms with E-state index >= 15 is 0 Å². The minimum absolute atomic E-state index is 0. The van der Waals surface area contributed by atoms with Crippen molar-refractivity contribution < 1.29 is 13.2 Å². The van der Waals surface area contributed by atoms with Gasteiger partial charge in [-0.1, -0.05) is 0 Å². The molecule has 0 spiro atoms. The predicted molar refractivity (Wildman–Crippen MR) is 157 cm³/mol. The Bertz CT molecular complexity index is 1320. The average Bonchev–Trinajstić information content (AvgIpc) is 2.94. The summed E-state index contributed by atoms with van der Waals surface area (Å²) in [4.78, 5) is 0. The van der Waals surface area contributed by atoms with Gasteiger partial charge < -0.3 is 0 Å². The van der Waals surface area contributed by atoms with Crippen LogP contribution < -0.4 is 21.2 Å². The van der Waals surface area contributed by atoms with E-state index in [1.54, 1.807) is 12.1 Å². The van der Waals surface area contributed by atoms with Crippen molar-refractivity contribution in [2.24, 2.45) is 0 Å². The fraction of sp³-hybridized carbons (Fsp3) is 0.0625. The normalized spacial score (nSPS) is 12.7. The molecule has 0 saturated heterocycles. The third-order valence-corrected chi connectivity index (χ3v) is 13.8. The van der Waals surface area contributed by atoms with E-state index in [1.165, 1.54) is 12.1 Å². The molecule has 0 unspecified atom stereocenters. The van der Waals surface area contributed by atoms with Crippen LogP contribution in [0.3, 0.4) is 0 Å². The molecule has 37 heavy (non-hydrogen) atoms. The zero-order chi connectivity index (χ0) is 25.1. The van der Waals surface area contributed by atoms with Crippen LogP contribution in [-0.2, 0) is 12.3 Å². The van der Waals surface area contributed by atoms with E-state index in [1.807, 2.05) is 72.8 Å². The molecular formula is C32H27BrF3P. The Kier molecular flexibility index (Phi) is 7.73. The number of benzene rings is 5. The van der Waals surface area contributed by atoms with Crippen LogP contribution in [0, 0.1) is 0 Å². The first-order chi connectivity index (χ1) is 17.4. The van der Waals surface area contributed by atoms with Gasteiger partial charge in [-0.25, -0.2) is 0 Å². The number of rotatable bonds is 6. The molecule has 0 aliphatic carbocycles. The Balaban J connectivity index is 0.00000320. The van der Waals surface area contributed by atoms with Crippen LogP contribution in [0.5, 0.6) is 0 Å². The van der Waals surface area contributed by atoms with Crippen molar-refractivity contribution in [3.8, 4) is 0 Å². The van der Waals surface area contributed by atoms with Crippen LogP contribution in [0.25, 0.3) is 0 Å². The minimum atomic E-state index is -4.40. The summed E-state index contributed by atoms with van der Waals surface area (Å²) >= 11 is 0. The zero-order valence-corrected chi connectivity index (χ0v) is 22.7. The second-order valence-electron chi connectivity index (χ2n) is 9.00. The second kappa shape index (κ2) is 10.7. The molecule has 5 aromatic carbocycles. The summed E-state index contributed by atoms with van der Waals surface area (Å²) in [5.74, 6) is 0. The molecule has 0 fully saturated rings. The molecule has 0 radical (unpaired) electrons. The van der Waals surface area contributed by atoms with E-state index in [0.717, 1.165) is 26.8 Å². The van der Waals surface area contributed by atoms with Crippen molar-refractivity contribution in [1.82, 2.24) is 0 Å². The SMILES string of the molecule is Br.FC(F)(F)c1ccc(P(Cc2ccccc2)(c2ccccc2)(c2ccccc2)c2ccccc2)cc1. The van der Waals surface area contributed by atoms with Crippen molar-refractivity contribution in [3.63, 3.8) is 0 Å². The first kappa shape index (κ1) is 26.9. The van der Waals surface area contributed by atoms with Gasteiger partial charge in [-0.15, -0.1) is 17.0 Å². The van der Waals surface area contributed by atoms with Gasteiger partial charge in [-0.3, -0.25) is 0 Å². The summed E-state index contributed by atoms with van der Waals surface area (Å²) in [6, 6.07) is 47.1. The maximum absolute atomic E-state index is 13.6. The van der Waals surface area contributed by atoms with E-state index in [0.29, 0.717) is 6.16 Å². The van der Waals surface area contributed by atoms with E-state index in [9.17, 15) is 13.2 Å². The van der Waals surface area contributed by atoms with Gasteiger partial charge in [0.1, 0.15) is 0 Å². The van der Waals surface area contributed by atoms with Gasteiger partial charge >= 0.3 is 210 Å². The molecule has 0 aliphatic rings. The van der Waals surface area contributed by atoms with E-state index in [4.69, 9.17) is 0 Å². The molecule has 0 saturated carbocycles. The van der Waals surface area contributed by atoms with Gasteiger partial charge in [0, 0.05) is 0 Å². The van der Waals surface area contributed by atoms with E-state index in [2.05, 4.69) is 48.5 Å². The molecule has 5 rings (SSSR count). The maximum atomic E-state index is 13.6. The van der Waals surface area contributed by atoms with Gasteiger partial charge in [-0.05, 0) is 0 Å². The summed E-state index contributed by atoms with van der Waals surface area (Å²) in [6.07, 6.45) is -3.75. The van der Waals surface area contributed by atoms with Crippen LogP contribution in [-0.4, -0.2) is 0 Å². The number of hydrogen-bond acceptors (Lipinski definition) is 0. The number of hydrogen-bond donors (Lipinski definition) is 0. The Morgan fingerprint density at radius 3 is 1.11 bits per heavy atom. The topological polar surface area (TPSA) is 0 Å². The van der Waals surface area contributed by atoms with Gasteiger partial charge in [0.15, 0.2) is 0 Å². The van der Waals surface area contributed by atoms with E-state index < -0.39 is 18.3 Å². The number of halogens is 4. The third kappa shape index (κ3) is 4.54. The molecular weight excluding hydrogens is 552 g/mol. The first-order valence-electron chi connectivity index (χ1n) is 11.8. The molecule has 0 atom stereocenters. The molecule has 0 heterocycles. The summed E-state index contributed by atoms with van der Waals surface area (Å²) in [6.45, 7) is -3.57. The fourth-order valence-electron chi connectivity index (χ4n) is 5.46.